The van der Waals surface area contributed by atoms with E-state index in [-0.39, 0.29) is 5.76 Å². The van der Waals surface area contributed by atoms with Crippen LogP contribution in [0.1, 0.15) is 29.0 Å². The number of ether oxygens (including phenoxy) is 2. The average Bonchev–Trinajstić information content (AvgIpc) is 2.99. The first kappa shape index (κ1) is 12.1. The van der Waals surface area contributed by atoms with Gasteiger partial charge in [0.2, 0.25) is 5.76 Å². The first-order valence-corrected chi connectivity index (χ1v) is 5.78. The summed E-state index contributed by atoms with van der Waals surface area (Å²) >= 11 is 0. The number of rotatable bonds is 5. The van der Waals surface area contributed by atoms with Gasteiger partial charge in [-0.2, -0.15) is 0 Å². The highest BCUT2D eigenvalue weighted by Gasteiger charge is 2.17. The third-order valence-corrected chi connectivity index (χ3v) is 2.83. The van der Waals surface area contributed by atoms with Crippen LogP contribution in [0.25, 0.3) is 0 Å². The van der Waals surface area contributed by atoms with Crippen LogP contribution in [0.3, 0.4) is 0 Å². The second-order valence-corrected chi connectivity index (χ2v) is 4.03. The maximum atomic E-state index is 11.3. The Labute approximate surface area is 100 Å². The summed E-state index contributed by atoms with van der Waals surface area (Å²) in [5, 5.41) is 3.26. The number of esters is 1. The van der Waals surface area contributed by atoms with E-state index in [9.17, 15) is 4.79 Å². The van der Waals surface area contributed by atoms with E-state index in [0.717, 1.165) is 31.6 Å². The Hall–Kier alpha value is -1.33. The van der Waals surface area contributed by atoms with E-state index in [4.69, 9.17) is 9.15 Å². The van der Waals surface area contributed by atoms with Gasteiger partial charge >= 0.3 is 5.97 Å². The van der Waals surface area contributed by atoms with E-state index in [2.05, 4.69) is 10.1 Å². The Kier molecular flexibility index (Phi) is 4.17. The van der Waals surface area contributed by atoms with Crippen molar-refractivity contribution in [2.24, 2.45) is 0 Å². The Balaban J connectivity index is 1.82. The first-order chi connectivity index (χ1) is 8.31. The lowest BCUT2D eigenvalue weighted by Crippen LogP contribution is -2.26. The molecule has 5 heteroatoms. The number of furan rings is 1. The number of carbonyl (C=O) groups is 1. The van der Waals surface area contributed by atoms with Gasteiger partial charge in [0.05, 0.1) is 19.5 Å². The third-order valence-electron chi connectivity index (χ3n) is 2.83. The molecule has 17 heavy (non-hydrogen) atoms. The zero-order chi connectivity index (χ0) is 12.1. The maximum Gasteiger partial charge on any atom is 0.374 e. The van der Waals surface area contributed by atoms with Crippen LogP contribution >= 0.6 is 0 Å². The Morgan fingerprint density at radius 1 is 1.65 bits per heavy atom. The molecule has 1 aliphatic rings. The van der Waals surface area contributed by atoms with Crippen molar-refractivity contribution in [2.45, 2.75) is 25.5 Å². The van der Waals surface area contributed by atoms with Gasteiger partial charge in [-0.05, 0) is 18.9 Å². The average molecular weight is 239 g/mol. The molecule has 0 aromatic carbocycles. The lowest BCUT2D eigenvalue weighted by atomic mass is 10.2. The minimum atomic E-state index is -0.441. The standard InChI is InChI=1S/C12H17NO4/c1-15-12(14)11-9(4-6-17-11)7-13-8-10-3-2-5-16-10/h4,6,10,13H,2-3,5,7-8H2,1H3. The van der Waals surface area contributed by atoms with Gasteiger partial charge < -0.3 is 19.2 Å². The number of methoxy groups -OCH3 is 1. The van der Waals surface area contributed by atoms with Crippen molar-refractivity contribution in [1.82, 2.24) is 5.32 Å². The maximum absolute atomic E-state index is 11.3. The fourth-order valence-corrected chi connectivity index (χ4v) is 1.92. The topological polar surface area (TPSA) is 60.7 Å². The van der Waals surface area contributed by atoms with Crippen molar-refractivity contribution < 1.29 is 18.7 Å². The zero-order valence-corrected chi connectivity index (χ0v) is 9.90. The molecule has 0 saturated carbocycles. The number of hydrogen-bond acceptors (Lipinski definition) is 5. The van der Waals surface area contributed by atoms with Crippen molar-refractivity contribution in [2.75, 3.05) is 20.3 Å². The van der Waals surface area contributed by atoms with Crippen LogP contribution in [-0.4, -0.2) is 32.3 Å². The molecule has 1 aromatic heterocycles. The lowest BCUT2D eigenvalue weighted by Gasteiger charge is -2.10. The quantitative estimate of drug-likeness (QED) is 0.785. The van der Waals surface area contributed by atoms with Crippen LogP contribution < -0.4 is 5.32 Å². The van der Waals surface area contributed by atoms with Crippen LogP contribution in [-0.2, 0) is 16.0 Å². The van der Waals surface area contributed by atoms with Gasteiger partial charge in [0, 0.05) is 25.3 Å². The summed E-state index contributed by atoms with van der Waals surface area (Å²) in [5.74, 6) is -0.170. The van der Waals surface area contributed by atoms with Crippen LogP contribution in [0, 0.1) is 0 Å². The molecule has 1 aliphatic heterocycles. The predicted octanol–water partition coefficient (Wildman–Crippen LogP) is 1.33. The second kappa shape index (κ2) is 5.84. The Bertz CT molecular complexity index is 368. The normalized spacial score (nSPS) is 19.5. The van der Waals surface area contributed by atoms with Gasteiger partial charge in [-0.15, -0.1) is 0 Å². The summed E-state index contributed by atoms with van der Waals surface area (Å²) in [6.07, 6.45) is 4.02. The van der Waals surface area contributed by atoms with E-state index in [1.807, 2.05) is 0 Å². The highest BCUT2D eigenvalue weighted by atomic mass is 16.5. The summed E-state index contributed by atoms with van der Waals surface area (Å²) in [5.41, 5.74) is 0.815. The van der Waals surface area contributed by atoms with Crippen molar-refractivity contribution in [1.29, 1.82) is 0 Å². The predicted molar refractivity (Wildman–Crippen MR) is 60.7 cm³/mol. The molecule has 1 unspecified atom stereocenters. The van der Waals surface area contributed by atoms with Gasteiger partial charge in [-0.25, -0.2) is 4.79 Å². The van der Waals surface area contributed by atoms with E-state index >= 15 is 0 Å². The molecule has 1 saturated heterocycles. The Morgan fingerprint density at radius 3 is 3.24 bits per heavy atom. The first-order valence-electron chi connectivity index (χ1n) is 5.78. The van der Waals surface area contributed by atoms with Gasteiger partial charge in [0.1, 0.15) is 0 Å². The number of nitrogens with one attached hydrogen (secondary N) is 1. The fourth-order valence-electron chi connectivity index (χ4n) is 1.92. The van der Waals surface area contributed by atoms with Gasteiger partial charge in [0.25, 0.3) is 0 Å². The third kappa shape index (κ3) is 3.08. The smallest absolute Gasteiger partial charge is 0.374 e. The van der Waals surface area contributed by atoms with Crippen LogP contribution in [0.5, 0.6) is 0 Å². The number of hydrogen-bond donors (Lipinski definition) is 1. The summed E-state index contributed by atoms with van der Waals surface area (Å²) in [7, 11) is 1.34. The molecule has 1 atom stereocenters. The monoisotopic (exact) mass is 239 g/mol. The van der Waals surface area contributed by atoms with Crippen LogP contribution in [0.4, 0.5) is 0 Å². The van der Waals surface area contributed by atoms with Crippen molar-refractivity contribution in [3.63, 3.8) is 0 Å². The molecule has 0 amide bonds. The molecule has 0 spiro atoms. The fraction of sp³-hybridized carbons (Fsp3) is 0.583. The van der Waals surface area contributed by atoms with Crippen LogP contribution in [0.15, 0.2) is 16.7 Å². The molecule has 2 rings (SSSR count). The molecular formula is C12H17NO4. The molecule has 5 nitrogen and oxygen atoms in total. The van der Waals surface area contributed by atoms with Gasteiger partial charge in [0.15, 0.2) is 0 Å². The van der Waals surface area contributed by atoms with Crippen molar-refractivity contribution in [3.8, 4) is 0 Å². The van der Waals surface area contributed by atoms with Crippen LogP contribution in [0.2, 0.25) is 0 Å². The van der Waals surface area contributed by atoms with E-state index in [0.29, 0.717) is 12.6 Å². The van der Waals surface area contributed by atoms with Gasteiger partial charge in [-0.3, -0.25) is 0 Å². The highest BCUT2D eigenvalue weighted by Crippen LogP contribution is 2.13. The molecule has 1 fully saturated rings. The molecule has 1 aromatic rings. The molecule has 94 valence electrons. The van der Waals surface area contributed by atoms with E-state index in [1.54, 1.807) is 6.07 Å². The summed E-state index contributed by atoms with van der Waals surface area (Å²) in [6, 6.07) is 1.77. The lowest BCUT2D eigenvalue weighted by molar-refractivity contribution is 0.0563. The summed E-state index contributed by atoms with van der Waals surface area (Å²) in [4.78, 5) is 11.3. The molecule has 0 bridgehead atoms. The molecule has 0 radical (unpaired) electrons. The molecular weight excluding hydrogens is 222 g/mol. The van der Waals surface area contributed by atoms with E-state index in [1.165, 1.54) is 13.4 Å². The SMILES string of the molecule is COC(=O)c1occc1CNCC1CCCO1. The highest BCUT2D eigenvalue weighted by molar-refractivity contribution is 5.87. The minimum Gasteiger partial charge on any atom is -0.463 e. The van der Waals surface area contributed by atoms with Gasteiger partial charge in [-0.1, -0.05) is 0 Å². The van der Waals surface area contributed by atoms with Crippen molar-refractivity contribution >= 4 is 5.97 Å². The summed E-state index contributed by atoms with van der Waals surface area (Å²) < 4.78 is 15.2. The molecule has 0 aliphatic carbocycles. The number of carbonyl (C=O) groups excluding carboxylic acids is 1. The van der Waals surface area contributed by atoms with E-state index < -0.39 is 5.97 Å². The Morgan fingerprint density at radius 2 is 2.53 bits per heavy atom. The largest absolute Gasteiger partial charge is 0.463 e. The zero-order valence-electron chi connectivity index (χ0n) is 9.90. The second-order valence-electron chi connectivity index (χ2n) is 4.03. The van der Waals surface area contributed by atoms with Crippen molar-refractivity contribution in [3.05, 3.63) is 23.7 Å². The minimum absolute atomic E-state index is 0.271. The summed E-state index contributed by atoms with van der Waals surface area (Å²) in [6.45, 7) is 2.23. The molecule has 1 N–H and O–H groups in total. The molecule has 2 heterocycles.